The quantitative estimate of drug-likeness (QED) is 0.659. The number of nitrogens with one attached hydrogen (secondary N) is 1. The summed E-state index contributed by atoms with van der Waals surface area (Å²) < 4.78 is 47.6. The van der Waals surface area contributed by atoms with Gasteiger partial charge in [0, 0.05) is 10.6 Å². The third-order valence-electron chi connectivity index (χ3n) is 1.55. The van der Waals surface area contributed by atoms with Gasteiger partial charge in [0.25, 0.3) is 11.7 Å². The lowest BCUT2D eigenvalue weighted by Gasteiger charge is -2.05. The highest BCUT2D eigenvalue weighted by Crippen LogP contribution is 2.26. The van der Waals surface area contributed by atoms with Crippen LogP contribution in [0.5, 0.6) is 0 Å². The van der Waals surface area contributed by atoms with E-state index in [1.165, 1.54) is 24.3 Å². The van der Waals surface area contributed by atoms with Crippen molar-refractivity contribution >= 4 is 23.4 Å². The third kappa shape index (κ3) is 4.09. The Kier molecular flexibility index (Phi) is 4.60. The van der Waals surface area contributed by atoms with E-state index in [9.17, 15) is 22.4 Å². The average Bonchev–Trinajstić information content (AvgIpc) is 2.20. The Morgan fingerprint density at radius 1 is 1.12 bits per heavy atom. The van der Waals surface area contributed by atoms with Crippen LogP contribution in [0.1, 0.15) is 0 Å². The molecule has 0 saturated carbocycles. The fourth-order valence-corrected chi connectivity index (χ4v) is 1.42. The van der Waals surface area contributed by atoms with Crippen molar-refractivity contribution in [1.29, 1.82) is 0 Å². The van der Waals surface area contributed by atoms with Crippen molar-refractivity contribution in [3.05, 3.63) is 24.3 Å². The number of amides is 1. The predicted molar refractivity (Wildman–Crippen MR) is 52.9 cm³/mol. The maximum absolute atomic E-state index is 11.9. The van der Waals surface area contributed by atoms with Gasteiger partial charge in [0.05, 0.1) is 0 Å². The normalized spacial score (nSPS) is 10.9. The molecule has 1 aromatic rings. The van der Waals surface area contributed by atoms with Gasteiger partial charge in [-0.3, -0.25) is 4.79 Å². The van der Waals surface area contributed by atoms with Crippen LogP contribution in [0, 0.1) is 0 Å². The molecule has 0 aromatic heterocycles. The highest BCUT2D eigenvalue weighted by atomic mass is 32.2. The Bertz CT molecular complexity index is 355. The molecule has 1 N–H and O–H groups in total. The molecule has 0 spiro atoms. The first-order valence-electron chi connectivity index (χ1n) is 4.13. The van der Waals surface area contributed by atoms with E-state index >= 15 is 0 Å². The van der Waals surface area contributed by atoms with Gasteiger partial charge in [0.2, 0.25) is 0 Å². The molecule has 0 aliphatic heterocycles. The zero-order valence-corrected chi connectivity index (χ0v) is 8.61. The van der Waals surface area contributed by atoms with Gasteiger partial charge in [-0.1, -0.05) is 11.8 Å². The molecule has 1 aromatic carbocycles. The van der Waals surface area contributed by atoms with Crippen molar-refractivity contribution in [3.8, 4) is 0 Å². The summed E-state index contributed by atoms with van der Waals surface area (Å²) in [5.41, 5.74) is 0.143. The summed E-state index contributed by atoms with van der Waals surface area (Å²) >= 11 is 0.338. The van der Waals surface area contributed by atoms with Crippen molar-refractivity contribution < 1.29 is 22.4 Å². The van der Waals surface area contributed by atoms with Crippen molar-refractivity contribution in [3.63, 3.8) is 0 Å². The Morgan fingerprint density at radius 3 is 2.12 bits per heavy atom. The number of hydrogen-bond acceptors (Lipinski definition) is 2. The first kappa shape index (κ1) is 12.8. The van der Waals surface area contributed by atoms with Crippen molar-refractivity contribution in [2.24, 2.45) is 0 Å². The number of benzene rings is 1. The van der Waals surface area contributed by atoms with E-state index in [0.717, 1.165) is 0 Å². The Hall–Kier alpha value is -1.24. The summed E-state index contributed by atoms with van der Waals surface area (Å²) in [6.07, 6.45) is -3.10. The number of carbonyl (C=O) groups is 1. The molecule has 1 rings (SSSR count). The average molecular weight is 253 g/mol. The second-order valence-electron chi connectivity index (χ2n) is 2.69. The first-order chi connectivity index (χ1) is 7.49. The molecule has 0 aliphatic carbocycles. The van der Waals surface area contributed by atoms with Gasteiger partial charge in [-0.2, -0.15) is 17.6 Å². The van der Waals surface area contributed by atoms with Crippen LogP contribution in [0.2, 0.25) is 0 Å². The Labute approximate surface area is 93.0 Å². The molecule has 0 heterocycles. The zero-order valence-electron chi connectivity index (χ0n) is 7.79. The summed E-state index contributed by atoms with van der Waals surface area (Å²) in [6, 6.07) is 5.20. The van der Waals surface area contributed by atoms with Crippen molar-refractivity contribution in [2.75, 3.05) is 5.32 Å². The van der Waals surface area contributed by atoms with Crippen LogP contribution in [-0.4, -0.2) is 18.1 Å². The van der Waals surface area contributed by atoms with E-state index in [1.807, 2.05) is 5.32 Å². The largest absolute Gasteiger partial charge is 0.321 e. The molecule has 7 heteroatoms. The standard InChI is InChI=1S/C9H7F4NOS/c10-7(11)8(15)14-5-1-3-6(4-2-5)16-9(12)13/h1-4,7,9H,(H,14,15). The number of halogens is 4. The molecule has 0 radical (unpaired) electrons. The van der Waals surface area contributed by atoms with E-state index in [4.69, 9.17) is 0 Å². The minimum absolute atomic E-state index is 0.143. The lowest BCUT2D eigenvalue weighted by Crippen LogP contribution is -2.19. The van der Waals surface area contributed by atoms with Gasteiger partial charge in [-0.25, -0.2) is 0 Å². The molecule has 2 nitrogen and oxygen atoms in total. The van der Waals surface area contributed by atoms with Gasteiger partial charge >= 0.3 is 6.43 Å². The molecule has 0 saturated heterocycles. The number of thioether (sulfide) groups is 1. The summed E-state index contributed by atoms with van der Waals surface area (Å²) in [7, 11) is 0. The van der Waals surface area contributed by atoms with Crippen LogP contribution in [0.15, 0.2) is 29.2 Å². The number of anilines is 1. The second-order valence-corrected chi connectivity index (χ2v) is 3.76. The Balaban J connectivity index is 2.61. The molecule has 1 amide bonds. The maximum Gasteiger partial charge on any atom is 0.315 e. The predicted octanol–water partition coefficient (Wildman–Crippen LogP) is 3.20. The maximum atomic E-state index is 11.9. The van der Waals surface area contributed by atoms with E-state index < -0.39 is 18.1 Å². The summed E-state index contributed by atoms with van der Waals surface area (Å²) in [6.45, 7) is 0. The molecule has 0 atom stereocenters. The van der Waals surface area contributed by atoms with Gasteiger partial charge in [0.1, 0.15) is 0 Å². The van der Waals surface area contributed by atoms with E-state index in [-0.39, 0.29) is 5.69 Å². The lowest BCUT2D eigenvalue weighted by atomic mass is 10.3. The molecule has 16 heavy (non-hydrogen) atoms. The monoisotopic (exact) mass is 253 g/mol. The van der Waals surface area contributed by atoms with Gasteiger partial charge in [0.15, 0.2) is 0 Å². The second kappa shape index (κ2) is 5.74. The highest BCUT2D eigenvalue weighted by molar-refractivity contribution is 7.99. The zero-order chi connectivity index (χ0) is 12.1. The molecule has 0 aliphatic rings. The van der Waals surface area contributed by atoms with Crippen LogP contribution in [0.4, 0.5) is 23.2 Å². The summed E-state index contributed by atoms with van der Waals surface area (Å²) in [5, 5.41) is 1.94. The van der Waals surface area contributed by atoms with Crippen molar-refractivity contribution in [2.45, 2.75) is 17.1 Å². The number of hydrogen-bond donors (Lipinski definition) is 1. The fourth-order valence-electron chi connectivity index (χ4n) is 0.917. The van der Waals surface area contributed by atoms with Crippen LogP contribution >= 0.6 is 11.8 Å². The summed E-state index contributed by atoms with van der Waals surface area (Å²) in [4.78, 5) is 10.9. The lowest BCUT2D eigenvalue weighted by molar-refractivity contribution is -0.126. The van der Waals surface area contributed by atoms with E-state index in [1.54, 1.807) is 0 Å². The third-order valence-corrected chi connectivity index (χ3v) is 2.27. The molecular weight excluding hydrogens is 246 g/mol. The van der Waals surface area contributed by atoms with Gasteiger partial charge in [-0.15, -0.1) is 0 Å². The molecule has 0 unspecified atom stereocenters. The fraction of sp³-hybridized carbons (Fsp3) is 0.222. The van der Waals surface area contributed by atoms with E-state index in [0.29, 0.717) is 16.7 Å². The van der Waals surface area contributed by atoms with Crippen LogP contribution in [0.3, 0.4) is 0 Å². The first-order valence-corrected chi connectivity index (χ1v) is 5.01. The minimum atomic E-state index is -3.10. The Morgan fingerprint density at radius 2 is 1.69 bits per heavy atom. The number of rotatable bonds is 4. The minimum Gasteiger partial charge on any atom is -0.321 e. The molecule has 0 bridgehead atoms. The van der Waals surface area contributed by atoms with Crippen LogP contribution < -0.4 is 5.32 Å². The van der Waals surface area contributed by atoms with Crippen LogP contribution in [0.25, 0.3) is 0 Å². The SMILES string of the molecule is O=C(Nc1ccc(SC(F)F)cc1)C(F)F. The topological polar surface area (TPSA) is 29.1 Å². The molecular formula is C9H7F4NOS. The molecule has 88 valence electrons. The van der Waals surface area contributed by atoms with Gasteiger partial charge in [-0.05, 0) is 24.3 Å². The smallest absolute Gasteiger partial charge is 0.315 e. The van der Waals surface area contributed by atoms with Gasteiger partial charge < -0.3 is 5.32 Å². The molecule has 0 fully saturated rings. The number of alkyl halides is 4. The number of carbonyl (C=O) groups excluding carboxylic acids is 1. The highest BCUT2D eigenvalue weighted by Gasteiger charge is 2.14. The van der Waals surface area contributed by atoms with Crippen LogP contribution in [-0.2, 0) is 4.79 Å². The van der Waals surface area contributed by atoms with E-state index in [2.05, 4.69) is 0 Å². The summed E-state index contributed by atoms with van der Waals surface area (Å²) in [5.74, 6) is -3.96. The van der Waals surface area contributed by atoms with Crippen molar-refractivity contribution in [1.82, 2.24) is 0 Å².